The van der Waals surface area contributed by atoms with Gasteiger partial charge in [-0.15, -0.1) is 0 Å². The van der Waals surface area contributed by atoms with Gasteiger partial charge in [0, 0.05) is 24.1 Å². The van der Waals surface area contributed by atoms with Gasteiger partial charge in [0.25, 0.3) is 17.2 Å². The maximum atomic E-state index is 11.7. The third-order valence-corrected chi connectivity index (χ3v) is 5.58. The summed E-state index contributed by atoms with van der Waals surface area (Å²) >= 11 is 0. The summed E-state index contributed by atoms with van der Waals surface area (Å²) in [5.41, 5.74) is 1.81. The Morgan fingerprint density at radius 2 is 1.93 bits per heavy atom. The third-order valence-electron chi connectivity index (χ3n) is 5.58. The molecule has 0 amide bonds. The Labute approximate surface area is 158 Å². The van der Waals surface area contributed by atoms with Gasteiger partial charge in [0.05, 0.1) is 11.5 Å². The van der Waals surface area contributed by atoms with Crippen molar-refractivity contribution in [1.82, 2.24) is 0 Å². The summed E-state index contributed by atoms with van der Waals surface area (Å²) in [6, 6.07) is 14.6. The zero-order valence-electron chi connectivity index (χ0n) is 15.5. The van der Waals surface area contributed by atoms with E-state index in [0.717, 1.165) is 43.8 Å². The van der Waals surface area contributed by atoms with Crippen molar-refractivity contribution < 1.29 is 14.6 Å². The van der Waals surface area contributed by atoms with Crippen molar-refractivity contribution in [3.8, 4) is 0 Å². The summed E-state index contributed by atoms with van der Waals surface area (Å²) in [5, 5.41) is 22.7. The fourth-order valence-electron chi connectivity index (χ4n) is 4.20. The first-order valence-corrected chi connectivity index (χ1v) is 9.44. The van der Waals surface area contributed by atoms with Crippen LogP contribution in [0.5, 0.6) is 0 Å². The summed E-state index contributed by atoms with van der Waals surface area (Å²) in [7, 11) is 0. The van der Waals surface area contributed by atoms with Crippen LogP contribution in [0.4, 0.5) is 11.4 Å². The van der Waals surface area contributed by atoms with E-state index in [1.54, 1.807) is 12.1 Å². The van der Waals surface area contributed by atoms with Crippen LogP contribution in [0.15, 0.2) is 48.5 Å². The Balaban J connectivity index is 1.78. The molecule has 140 valence electrons. The van der Waals surface area contributed by atoms with Crippen molar-refractivity contribution in [3.63, 3.8) is 0 Å². The number of nitrogens with zero attached hydrogens (tertiary/aromatic N) is 3. The Kier molecular flexibility index (Phi) is 4.44. The van der Waals surface area contributed by atoms with Crippen LogP contribution in [0.1, 0.15) is 36.8 Å². The third kappa shape index (κ3) is 3.10. The van der Waals surface area contributed by atoms with E-state index in [2.05, 4.69) is 34.6 Å². The second-order valence-electron chi connectivity index (χ2n) is 7.42. The molecule has 6 heteroatoms. The van der Waals surface area contributed by atoms with E-state index in [1.807, 2.05) is 6.07 Å². The van der Waals surface area contributed by atoms with E-state index in [-0.39, 0.29) is 5.69 Å². The second-order valence-corrected chi connectivity index (χ2v) is 7.42. The number of anilines is 1. The fourth-order valence-corrected chi connectivity index (χ4v) is 4.20. The van der Waals surface area contributed by atoms with Gasteiger partial charge >= 0.3 is 0 Å². The lowest BCUT2D eigenvalue weighted by Gasteiger charge is -2.23. The molecule has 0 radical (unpaired) electrons. The second kappa shape index (κ2) is 6.78. The van der Waals surface area contributed by atoms with Gasteiger partial charge in [0.1, 0.15) is 5.69 Å². The highest BCUT2D eigenvalue weighted by Gasteiger charge is 2.52. The highest BCUT2D eigenvalue weighted by atomic mass is 16.6. The maximum Gasteiger partial charge on any atom is 0.271 e. The summed E-state index contributed by atoms with van der Waals surface area (Å²) in [5.74, 6) is 1.14. The molecule has 1 atom stereocenters. The van der Waals surface area contributed by atoms with Gasteiger partial charge in [-0.3, -0.25) is 10.1 Å². The summed E-state index contributed by atoms with van der Waals surface area (Å²) in [6.45, 7) is 3.27. The van der Waals surface area contributed by atoms with Gasteiger partial charge in [-0.05, 0) is 56.0 Å². The number of β-amino-alcohol motifs (C(OH)–C–C–N with tert-alkyl or cyclic N) is 1. The number of aliphatic hydroxyl groups is 1. The number of rotatable bonds is 3. The minimum absolute atomic E-state index is 0.0379. The number of nitro groups is 1. The molecule has 6 nitrogen and oxygen atoms in total. The highest BCUT2D eigenvalue weighted by Crippen LogP contribution is 2.36. The molecule has 0 bridgehead atoms. The molecule has 2 heterocycles. The first-order valence-electron chi connectivity index (χ1n) is 9.44. The summed E-state index contributed by atoms with van der Waals surface area (Å²) in [6.07, 6.45) is 4.19. The van der Waals surface area contributed by atoms with Crippen molar-refractivity contribution in [2.45, 2.75) is 38.3 Å². The zero-order chi connectivity index (χ0) is 19.0. The summed E-state index contributed by atoms with van der Waals surface area (Å²) < 4.78 is 2.10. The quantitative estimate of drug-likeness (QED) is 0.512. The van der Waals surface area contributed by atoms with Crippen LogP contribution in [0.25, 0.3) is 0 Å². The first kappa shape index (κ1) is 17.7. The van der Waals surface area contributed by atoms with E-state index in [1.165, 1.54) is 17.7 Å². The lowest BCUT2D eigenvalue weighted by Crippen LogP contribution is -2.41. The summed E-state index contributed by atoms with van der Waals surface area (Å²) in [4.78, 5) is 12.8. The number of non-ortho nitro benzene ring substituents is 1. The Bertz CT molecular complexity index is 907. The van der Waals surface area contributed by atoms with Crippen molar-refractivity contribution in [1.29, 1.82) is 0 Å². The molecule has 2 aliphatic heterocycles. The SMILES string of the molecule is Cc1cccc(N2C[C@@](O)(c3ccc([N+](=O)[O-])cc3)[N+]3=C2CCCCC3)c1. The Morgan fingerprint density at radius 1 is 1.15 bits per heavy atom. The Morgan fingerprint density at radius 3 is 2.63 bits per heavy atom. The van der Waals surface area contributed by atoms with Crippen molar-refractivity contribution >= 4 is 17.2 Å². The van der Waals surface area contributed by atoms with Gasteiger partial charge in [-0.25, -0.2) is 9.48 Å². The molecule has 0 unspecified atom stereocenters. The van der Waals surface area contributed by atoms with Gasteiger partial charge < -0.3 is 5.11 Å². The molecule has 4 rings (SSSR count). The van der Waals surface area contributed by atoms with Crippen molar-refractivity contribution in [2.75, 3.05) is 18.0 Å². The predicted octanol–water partition coefficient (Wildman–Crippen LogP) is 3.55. The van der Waals surface area contributed by atoms with Crippen LogP contribution < -0.4 is 4.90 Å². The van der Waals surface area contributed by atoms with Crippen LogP contribution in [0, 0.1) is 17.0 Å². The van der Waals surface area contributed by atoms with Crippen LogP contribution in [0.2, 0.25) is 0 Å². The normalized spacial score (nSPS) is 22.5. The minimum atomic E-state index is -1.18. The molecular weight excluding hydrogens is 342 g/mol. The number of amidine groups is 1. The molecule has 0 fully saturated rings. The first-order chi connectivity index (χ1) is 13.0. The lowest BCUT2D eigenvalue weighted by atomic mass is 10.0. The minimum Gasteiger partial charge on any atom is -0.346 e. The molecule has 0 spiro atoms. The predicted molar refractivity (Wildman–Crippen MR) is 104 cm³/mol. The van der Waals surface area contributed by atoms with E-state index in [0.29, 0.717) is 12.1 Å². The molecule has 2 aromatic rings. The van der Waals surface area contributed by atoms with Gasteiger partial charge in [0.2, 0.25) is 0 Å². The standard InChI is InChI=1S/C21H24N3O3/c1-16-6-5-7-19(14-16)22-15-21(25,23-13-4-2-3-8-20(22)23)17-9-11-18(12-10-17)24(26)27/h5-7,9-12,14,25H,2-4,8,13,15H2,1H3/q+1/t21-/m1/s1. The fraction of sp³-hybridized carbons (Fsp3) is 0.381. The molecule has 27 heavy (non-hydrogen) atoms. The largest absolute Gasteiger partial charge is 0.346 e. The van der Waals surface area contributed by atoms with Crippen molar-refractivity contribution in [3.05, 3.63) is 69.8 Å². The van der Waals surface area contributed by atoms with E-state index in [4.69, 9.17) is 0 Å². The molecule has 0 saturated carbocycles. The molecule has 0 saturated heterocycles. The lowest BCUT2D eigenvalue weighted by molar-refractivity contribution is -0.658. The van der Waals surface area contributed by atoms with E-state index >= 15 is 0 Å². The number of hydrogen-bond acceptors (Lipinski definition) is 4. The van der Waals surface area contributed by atoms with Gasteiger partial charge in [0.15, 0.2) is 6.54 Å². The van der Waals surface area contributed by atoms with E-state index in [9.17, 15) is 15.2 Å². The van der Waals surface area contributed by atoms with Gasteiger partial charge in [-0.1, -0.05) is 12.1 Å². The van der Waals surface area contributed by atoms with Crippen molar-refractivity contribution in [2.24, 2.45) is 0 Å². The van der Waals surface area contributed by atoms with E-state index < -0.39 is 10.6 Å². The highest BCUT2D eigenvalue weighted by molar-refractivity contribution is 5.96. The number of aryl methyl sites for hydroxylation is 1. The molecule has 0 aromatic heterocycles. The number of nitro benzene ring substituents is 1. The van der Waals surface area contributed by atoms with Crippen LogP contribution >= 0.6 is 0 Å². The monoisotopic (exact) mass is 366 g/mol. The van der Waals surface area contributed by atoms with Crippen LogP contribution in [-0.4, -0.2) is 33.5 Å². The average molecular weight is 366 g/mol. The molecule has 2 aliphatic rings. The maximum absolute atomic E-state index is 11.7. The molecule has 1 N–H and O–H groups in total. The van der Waals surface area contributed by atoms with Gasteiger partial charge in [-0.2, -0.15) is 0 Å². The Hall–Kier alpha value is -2.73. The molecular formula is C21H24N3O3+. The topological polar surface area (TPSA) is 69.6 Å². The molecule has 0 aliphatic carbocycles. The number of hydrogen-bond donors (Lipinski definition) is 1. The number of benzene rings is 2. The van der Waals surface area contributed by atoms with Crippen LogP contribution in [-0.2, 0) is 5.72 Å². The smallest absolute Gasteiger partial charge is 0.271 e. The average Bonchev–Trinajstić information content (AvgIpc) is 2.82. The molecule has 2 aromatic carbocycles. The zero-order valence-corrected chi connectivity index (χ0v) is 15.5. The van der Waals surface area contributed by atoms with Crippen LogP contribution in [0.3, 0.4) is 0 Å².